The zero-order valence-corrected chi connectivity index (χ0v) is 13.6. The third-order valence-electron chi connectivity index (χ3n) is 4.07. The summed E-state index contributed by atoms with van der Waals surface area (Å²) in [4.78, 5) is 25.5. The molecule has 1 aliphatic heterocycles. The highest BCUT2D eigenvalue weighted by molar-refractivity contribution is 5.95. The molecule has 1 saturated heterocycles. The van der Waals surface area contributed by atoms with Crippen LogP contribution in [0.15, 0.2) is 48.8 Å². The number of rotatable bonds is 6. The molecule has 3 amide bonds. The summed E-state index contributed by atoms with van der Waals surface area (Å²) >= 11 is 0. The molecule has 1 fully saturated rings. The lowest BCUT2D eigenvalue weighted by molar-refractivity contribution is -0.117. The van der Waals surface area contributed by atoms with Crippen molar-refractivity contribution in [2.45, 2.75) is 25.9 Å². The van der Waals surface area contributed by atoms with E-state index in [1.54, 1.807) is 4.90 Å². The highest BCUT2D eigenvalue weighted by Gasteiger charge is 2.21. The Hall–Kier alpha value is -2.76. The van der Waals surface area contributed by atoms with Crippen molar-refractivity contribution in [1.82, 2.24) is 15.2 Å². The van der Waals surface area contributed by atoms with Crippen LogP contribution in [0, 0.1) is 0 Å². The van der Waals surface area contributed by atoms with Crippen LogP contribution < -0.4 is 15.5 Å². The molecule has 1 aliphatic rings. The summed E-state index contributed by atoms with van der Waals surface area (Å²) in [6.45, 7) is 2.52. The average Bonchev–Trinajstić information content (AvgIpc) is 3.25. The van der Waals surface area contributed by atoms with E-state index in [1.165, 1.54) is 0 Å². The fraction of sp³-hybridized carbons (Fsp3) is 0.333. The van der Waals surface area contributed by atoms with Crippen molar-refractivity contribution in [3.8, 4) is 0 Å². The molecule has 2 N–H and O–H groups in total. The lowest BCUT2D eigenvalue weighted by atomic mass is 10.2. The zero-order chi connectivity index (χ0) is 16.8. The molecule has 1 aromatic carbocycles. The number of anilines is 1. The number of urea groups is 1. The Morgan fingerprint density at radius 3 is 2.71 bits per heavy atom. The van der Waals surface area contributed by atoms with Crippen molar-refractivity contribution >= 4 is 17.6 Å². The van der Waals surface area contributed by atoms with Crippen LogP contribution in [0.1, 0.15) is 18.4 Å². The minimum absolute atomic E-state index is 0.169. The Bertz CT molecular complexity index is 697. The highest BCUT2D eigenvalue weighted by Crippen LogP contribution is 2.22. The number of benzene rings is 1. The minimum Gasteiger partial charge on any atom is -0.353 e. The average molecular weight is 326 g/mol. The monoisotopic (exact) mass is 326 g/mol. The largest absolute Gasteiger partial charge is 0.353 e. The van der Waals surface area contributed by atoms with Crippen LogP contribution in [0.4, 0.5) is 10.5 Å². The van der Waals surface area contributed by atoms with Crippen molar-refractivity contribution in [2.75, 3.05) is 18.0 Å². The number of hydrogen-bond acceptors (Lipinski definition) is 2. The molecule has 0 radical (unpaired) electrons. The van der Waals surface area contributed by atoms with Crippen LogP contribution in [0.3, 0.4) is 0 Å². The zero-order valence-electron chi connectivity index (χ0n) is 13.6. The molecule has 2 aromatic rings. The van der Waals surface area contributed by atoms with Crippen molar-refractivity contribution in [1.29, 1.82) is 0 Å². The first kappa shape index (κ1) is 16.1. The van der Waals surface area contributed by atoms with Crippen molar-refractivity contribution in [3.63, 3.8) is 0 Å². The van der Waals surface area contributed by atoms with Gasteiger partial charge in [0.05, 0.1) is 0 Å². The molecule has 0 atom stereocenters. The summed E-state index contributed by atoms with van der Waals surface area (Å²) in [5.74, 6) is 0.169. The van der Waals surface area contributed by atoms with Gasteiger partial charge in [0.1, 0.15) is 0 Å². The summed E-state index contributed by atoms with van der Waals surface area (Å²) in [5, 5.41) is 5.68. The van der Waals surface area contributed by atoms with E-state index in [9.17, 15) is 9.59 Å². The van der Waals surface area contributed by atoms with E-state index in [1.807, 2.05) is 53.4 Å². The number of amides is 3. The summed E-state index contributed by atoms with van der Waals surface area (Å²) in [6.07, 6.45) is 5.45. The van der Waals surface area contributed by atoms with E-state index in [2.05, 4.69) is 10.6 Å². The van der Waals surface area contributed by atoms with E-state index in [-0.39, 0.29) is 11.9 Å². The molecule has 1 aromatic heterocycles. The molecule has 6 nitrogen and oxygen atoms in total. The van der Waals surface area contributed by atoms with Crippen LogP contribution in [0.2, 0.25) is 0 Å². The smallest absolute Gasteiger partial charge is 0.315 e. The van der Waals surface area contributed by atoms with Crippen LogP contribution in [-0.2, 0) is 17.9 Å². The topological polar surface area (TPSA) is 66.4 Å². The van der Waals surface area contributed by atoms with Crippen LogP contribution in [0.25, 0.3) is 0 Å². The maximum atomic E-state index is 11.8. The van der Waals surface area contributed by atoms with Crippen LogP contribution in [0.5, 0.6) is 0 Å². The molecule has 24 heavy (non-hydrogen) atoms. The first-order chi connectivity index (χ1) is 11.7. The van der Waals surface area contributed by atoms with Gasteiger partial charge in [-0.3, -0.25) is 4.79 Å². The molecular weight excluding hydrogens is 304 g/mol. The summed E-state index contributed by atoms with van der Waals surface area (Å²) in [7, 11) is 0. The lowest BCUT2D eigenvalue weighted by Crippen LogP contribution is -2.36. The molecule has 0 unspecified atom stereocenters. The van der Waals surface area contributed by atoms with Crippen molar-refractivity contribution in [2.24, 2.45) is 0 Å². The van der Waals surface area contributed by atoms with Crippen molar-refractivity contribution in [3.05, 3.63) is 54.4 Å². The Kier molecular flexibility index (Phi) is 5.15. The van der Waals surface area contributed by atoms with E-state index in [4.69, 9.17) is 0 Å². The van der Waals surface area contributed by atoms with E-state index in [0.29, 0.717) is 19.5 Å². The van der Waals surface area contributed by atoms with Gasteiger partial charge in [0, 0.05) is 50.7 Å². The third kappa shape index (κ3) is 4.16. The highest BCUT2D eigenvalue weighted by atomic mass is 16.2. The number of carbonyl (C=O) groups excluding carboxylic acids is 2. The second-order valence-electron chi connectivity index (χ2n) is 5.85. The molecule has 6 heteroatoms. The maximum absolute atomic E-state index is 11.8. The number of nitrogens with zero attached hydrogens (tertiary/aromatic N) is 2. The minimum atomic E-state index is -0.190. The first-order valence-electron chi connectivity index (χ1n) is 8.24. The first-order valence-corrected chi connectivity index (χ1v) is 8.24. The third-order valence-corrected chi connectivity index (χ3v) is 4.07. The van der Waals surface area contributed by atoms with E-state index in [0.717, 1.165) is 30.8 Å². The van der Waals surface area contributed by atoms with Gasteiger partial charge in [-0.05, 0) is 36.2 Å². The Labute approximate surface area is 141 Å². The molecular formula is C18H22N4O2. The Balaban J connectivity index is 1.45. The molecule has 0 spiro atoms. The SMILES string of the molecule is O=C(NCCn1cccc1)NCc1cccc(N2CCCC2=O)c1. The van der Waals surface area contributed by atoms with E-state index >= 15 is 0 Å². The molecule has 126 valence electrons. The van der Waals surface area contributed by atoms with Gasteiger partial charge in [0.25, 0.3) is 0 Å². The van der Waals surface area contributed by atoms with Crippen LogP contribution in [-0.4, -0.2) is 29.6 Å². The summed E-state index contributed by atoms with van der Waals surface area (Å²) < 4.78 is 2.01. The molecule has 0 bridgehead atoms. The van der Waals surface area contributed by atoms with Gasteiger partial charge in [-0.15, -0.1) is 0 Å². The van der Waals surface area contributed by atoms with Gasteiger partial charge >= 0.3 is 6.03 Å². The number of hydrogen-bond donors (Lipinski definition) is 2. The summed E-state index contributed by atoms with van der Waals surface area (Å²) in [6, 6.07) is 11.5. The predicted molar refractivity (Wildman–Crippen MR) is 92.7 cm³/mol. The van der Waals surface area contributed by atoms with E-state index < -0.39 is 0 Å². The van der Waals surface area contributed by atoms with Crippen LogP contribution >= 0.6 is 0 Å². The molecule has 2 heterocycles. The van der Waals surface area contributed by atoms with Crippen molar-refractivity contribution < 1.29 is 9.59 Å². The number of carbonyl (C=O) groups is 2. The second kappa shape index (κ2) is 7.68. The fourth-order valence-electron chi connectivity index (χ4n) is 2.82. The number of aromatic nitrogens is 1. The van der Waals surface area contributed by atoms with Gasteiger partial charge < -0.3 is 20.1 Å². The molecule has 0 saturated carbocycles. The standard InChI is InChI=1S/C18H22N4O2/c23-17-7-4-11-22(17)16-6-3-5-15(13-16)14-20-18(24)19-8-12-21-9-1-2-10-21/h1-3,5-6,9-10,13H,4,7-8,11-12,14H2,(H2,19,20,24). The fourth-order valence-corrected chi connectivity index (χ4v) is 2.82. The second-order valence-corrected chi connectivity index (χ2v) is 5.85. The number of nitrogens with one attached hydrogen (secondary N) is 2. The molecule has 3 rings (SSSR count). The van der Waals surface area contributed by atoms with Gasteiger partial charge in [-0.2, -0.15) is 0 Å². The normalized spacial score (nSPS) is 14.0. The Morgan fingerprint density at radius 1 is 1.12 bits per heavy atom. The lowest BCUT2D eigenvalue weighted by Gasteiger charge is -2.16. The quantitative estimate of drug-likeness (QED) is 0.854. The van der Waals surface area contributed by atoms with Gasteiger partial charge in [-0.25, -0.2) is 4.79 Å². The summed E-state index contributed by atoms with van der Waals surface area (Å²) in [5.41, 5.74) is 1.89. The Morgan fingerprint density at radius 2 is 1.96 bits per heavy atom. The maximum Gasteiger partial charge on any atom is 0.315 e. The predicted octanol–water partition coefficient (Wildman–Crippen LogP) is 2.11. The van der Waals surface area contributed by atoms with Gasteiger partial charge in [-0.1, -0.05) is 12.1 Å². The molecule has 0 aliphatic carbocycles. The van der Waals surface area contributed by atoms with Gasteiger partial charge in [0.2, 0.25) is 5.91 Å². The van der Waals surface area contributed by atoms with Gasteiger partial charge in [0.15, 0.2) is 0 Å².